The molecule has 0 radical (unpaired) electrons. The summed E-state index contributed by atoms with van der Waals surface area (Å²) in [5.74, 6) is 0. The number of rotatable bonds is 3. The topological polar surface area (TPSA) is 91.6 Å². The highest BCUT2D eigenvalue weighted by Crippen LogP contribution is 2.19. The Bertz CT molecular complexity index is 1080. The van der Waals surface area contributed by atoms with Gasteiger partial charge in [0.15, 0.2) is 0 Å². The average molecular weight is 322 g/mol. The van der Waals surface area contributed by atoms with Crippen LogP contribution in [0.25, 0.3) is 22.3 Å². The van der Waals surface area contributed by atoms with Crippen molar-refractivity contribution < 1.29 is 4.42 Å². The molecule has 120 valence electrons. The molecule has 3 aromatic heterocycles. The van der Waals surface area contributed by atoms with Gasteiger partial charge in [-0.2, -0.15) is 15.0 Å². The largest absolute Gasteiger partial charge is 0.421 e. The van der Waals surface area contributed by atoms with Gasteiger partial charge in [-0.1, -0.05) is 6.92 Å². The summed E-state index contributed by atoms with van der Waals surface area (Å²) >= 11 is 0. The van der Waals surface area contributed by atoms with Crippen LogP contribution in [0.2, 0.25) is 0 Å². The van der Waals surface area contributed by atoms with Crippen molar-refractivity contribution in [1.29, 1.82) is 0 Å². The second kappa shape index (κ2) is 5.41. The van der Waals surface area contributed by atoms with Gasteiger partial charge in [-0.05, 0) is 31.5 Å². The first-order chi connectivity index (χ1) is 11.7. The highest BCUT2D eigenvalue weighted by atomic mass is 16.4. The molecule has 1 aromatic carbocycles. The second-order valence-electron chi connectivity index (χ2n) is 5.39. The summed E-state index contributed by atoms with van der Waals surface area (Å²) in [5.41, 5.74) is 2.95. The Labute approximate surface area is 136 Å². The van der Waals surface area contributed by atoms with E-state index in [-0.39, 0.29) is 0 Å². The molecule has 0 amide bonds. The minimum Gasteiger partial charge on any atom is -0.421 e. The van der Waals surface area contributed by atoms with Gasteiger partial charge >= 0.3 is 5.63 Å². The van der Waals surface area contributed by atoms with Crippen molar-refractivity contribution in [1.82, 2.24) is 29.8 Å². The van der Waals surface area contributed by atoms with E-state index in [0.29, 0.717) is 11.3 Å². The summed E-state index contributed by atoms with van der Waals surface area (Å²) < 4.78 is 6.96. The Hall–Kier alpha value is -3.29. The fraction of sp³-hybridized carbons (Fsp3) is 0.188. The zero-order chi connectivity index (χ0) is 16.7. The predicted octanol–water partition coefficient (Wildman–Crippen LogP) is 1.83. The first kappa shape index (κ1) is 14.3. The van der Waals surface area contributed by atoms with Gasteiger partial charge in [0.2, 0.25) is 0 Å². The fourth-order valence-corrected chi connectivity index (χ4v) is 2.57. The van der Waals surface area contributed by atoms with Crippen molar-refractivity contribution in [3.8, 4) is 11.4 Å². The van der Waals surface area contributed by atoms with E-state index in [1.807, 2.05) is 26.0 Å². The number of hydrogen-bond donors (Lipinski definition) is 0. The molecule has 0 N–H and O–H groups in total. The monoisotopic (exact) mass is 322 g/mol. The molecular weight excluding hydrogens is 308 g/mol. The maximum atomic E-state index is 12.2. The Balaban J connectivity index is 1.84. The molecule has 0 aliphatic carbocycles. The third-order valence-corrected chi connectivity index (χ3v) is 3.84. The SMILES string of the molecule is CCc1nn(-c2ccc3cc(-n4cnnc4)c(=O)oc3c2)nc1C. The van der Waals surface area contributed by atoms with E-state index in [4.69, 9.17) is 4.42 Å². The Morgan fingerprint density at radius 1 is 1.12 bits per heavy atom. The molecular formula is C16H14N6O2. The lowest BCUT2D eigenvalue weighted by Gasteiger charge is -2.04. The van der Waals surface area contributed by atoms with Crippen molar-refractivity contribution in [2.75, 3.05) is 0 Å². The second-order valence-corrected chi connectivity index (χ2v) is 5.39. The van der Waals surface area contributed by atoms with Crippen LogP contribution in [0, 0.1) is 6.92 Å². The highest BCUT2D eigenvalue weighted by molar-refractivity contribution is 5.80. The van der Waals surface area contributed by atoms with Gasteiger partial charge in [-0.3, -0.25) is 4.57 Å². The number of hydrogen-bond acceptors (Lipinski definition) is 6. The molecule has 0 saturated carbocycles. The van der Waals surface area contributed by atoms with Crippen LogP contribution in [-0.2, 0) is 6.42 Å². The van der Waals surface area contributed by atoms with Gasteiger partial charge in [0.1, 0.15) is 23.9 Å². The minimum atomic E-state index is -0.460. The zero-order valence-electron chi connectivity index (χ0n) is 13.2. The van der Waals surface area contributed by atoms with E-state index in [1.54, 1.807) is 16.9 Å². The van der Waals surface area contributed by atoms with Gasteiger partial charge < -0.3 is 4.42 Å². The van der Waals surface area contributed by atoms with Crippen molar-refractivity contribution in [2.45, 2.75) is 20.3 Å². The molecule has 4 rings (SSSR count). The molecule has 0 atom stereocenters. The van der Waals surface area contributed by atoms with Gasteiger partial charge in [0, 0.05) is 11.5 Å². The summed E-state index contributed by atoms with van der Waals surface area (Å²) in [4.78, 5) is 13.8. The minimum absolute atomic E-state index is 0.363. The van der Waals surface area contributed by atoms with Crippen molar-refractivity contribution in [3.05, 3.63) is 58.7 Å². The number of benzene rings is 1. The smallest absolute Gasteiger partial charge is 0.360 e. The van der Waals surface area contributed by atoms with E-state index in [0.717, 1.165) is 28.9 Å². The van der Waals surface area contributed by atoms with Gasteiger partial charge in [0.05, 0.1) is 17.1 Å². The maximum Gasteiger partial charge on any atom is 0.360 e. The first-order valence-electron chi connectivity index (χ1n) is 7.52. The van der Waals surface area contributed by atoms with Crippen LogP contribution in [0.3, 0.4) is 0 Å². The number of fused-ring (bicyclic) bond motifs is 1. The molecule has 4 aromatic rings. The lowest BCUT2D eigenvalue weighted by Crippen LogP contribution is -2.09. The van der Waals surface area contributed by atoms with E-state index in [1.165, 1.54) is 17.2 Å². The zero-order valence-corrected chi connectivity index (χ0v) is 13.2. The summed E-state index contributed by atoms with van der Waals surface area (Å²) in [6.07, 6.45) is 3.72. The molecule has 8 heteroatoms. The quantitative estimate of drug-likeness (QED) is 0.534. The molecule has 0 unspecified atom stereocenters. The van der Waals surface area contributed by atoms with Gasteiger partial charge in [0.25, 0.3) is 0 Å². The number of aryl methyl sites for hydroxylation is 2. The Morgan fingerprint density at radius 3 is 2.62 bits per heavy atom. The van der Waals surface area contributed by atoms with Crippen molar-refractivity contribution >= 4 is 11.0 Å². The van der Waals surface area contributed by atoms with Gasteiger partial charge in [-0.25, -0.2) is 4.79 Å². The number of aromatic nitrogens is 6. The summed E-state index contributed by atoms with van der Waals surface area (Å²) in [6.45, 7) is 3.96. The Kier molecular flexibility index (Phi) is 3.23. The molecule has 3 heterocycles. The highest BCUT2D eigenvalue weighted by Gasteiger charge is 2.11. The molecule has 24 heavy (non-hydrogen) atoms. The third kappa shape index (κ3) is 2.28. The molecule has 0 aliphatic heterocycles. The van der Waals surface area contributed by atoms with Crippen LogP contribution in [0.5, 0.6) is 0 Å². The fourth-order valence-electron chi connectivity index (χ4n) is 2.57. The first-order valence-corrected chi connectivity index (χ1v) is 7.52. The van der Waals surface area contributed by atoms with Gasteiger partial charge in [-0.15, -0.1) is 10.2 Å². The molecule has 8 nitrogen and oxygen atoms in total. The van der Waals surface area contributed by atoms with Crippen LogP contribution < -0.4 is 5.63 Å². The molecule has 0 aliphatic rings. The van der Waals surface area contributed by atoms with Crippen LogP contribution in [0.15, 0.2) is 46.1 Å². The summed E-state index contributed by atoms with van der Waals surface area (Å²) in [6, 6.07) is 7.25. The van der Waals surface area contributed by atoms with Crippen LogP contribution in [0.1, 0.15) is 18.3 Å². The van der Waals surface area contributed by atoms with Crippen molar-refractivity contribution in [3.63, 3.8) is 0 Å². The van der Waals surface area contributed by atoms with E-state index in [9.17, 15) is 4.79 Å². The van der Waals surface area contributed by atoms with Crippen molar-refractivity contribution in [2.24, 2.45) is 0 Å². The maximum absolute atomic E-state index is 12.2. The lowest BCUT2D eigenvalue weighted by molar-refractivity contribution is 0.555. The predicted molar refractivity (Wildman–Crippen MR) is 86.4 cm³/mol. The molecule has 0 saturated heterocycles. The van der Waals surface area contributed by atoms with Crippen LogP contribution in [-0.4, -0.2) is 29.8 Å². The van der Waals surface area contributed by atoms with E-state index >= 15 is 0 Å². The average Bonchev–Trinajstić information content (AvgIpc) is 3.23. The van der Waals surface area contributed by atoms with Crippen LogP contribution in [0.4, 0.5) is 0 Å². The Morgan fingerprint density at radius 2 is 1.92 bits per heavy atom. The number of nitrogens with zero attached hydrogens (tertiary/aromatic N) is 6. The van der Waals surface area contributed by atoms with Crippen LogP contribution >= 0.6 is 0 Å². The third-order valence-electron chi connectivity index (χ3n) is 3.84. The molecule has 0 bridgehead atoms. The lowest BCUT2D eigenvalue weighted by atomic mass is 10.2. The molecule has 0 fully saturated rings. The van der Waals surface area contributed by atoms with E-state index in [2.05, 4.69) is 20.4 Å². The summed E-state index contributed by atoms with van der Waals surface area (Å²) in [7, 11) is 0. The molecule has 0 spiro atoms. The normalized spacial score (nSPS) is 11.2. The standard InChI is InChI=1S/C16H14N6O2/c1-3-13-10(2)19-22(20-13)12-5-4-11-6-14(21-8-17-18-9-21)16(23)24-15(11)7-12/h4-9H,3H2,1-2H3. The summed E-state index contributed by atoms with van der Waals surface area (Å²) in [5, 5.41) is 17.1. The van der Waals surface area contributed by atoms with E-state index < -0.39 is 5.63 Å².